The minimum Gasteiger partial charge on any atom is -0.477 e. The summed E-state index contributed by atoms with van der Waals surface area (Å²) in [7, 11) is 1.66. The largest absolute Gasteiger partial charge is 0.477 e. The molecule has 0 bridgehead atoms. The minimum atomic E-state index is -0.106. The first-order valence-electron chi connectivity index (χ1n) is 6.68. The van der Waals surface area contributed by atoms with E-state index in [1.165, 1.54) is 0 Å². The molecule has 0 saturated heterocycles. The van der Waals surface area contributed by atoms with Crippen LogP contribution in [0.5, 0.6) is 5.88 Å². The number of rotatable bonds is 8. The van der Waals surface area contributed by atoms with Crippen LogP contribution in [0.15, 0.2) is 10.7 Å². The lowest BCUT2D eigenvalue weighted by Gasteiger charge is -2.17. The second-order valence-electron chi connectivity index (χ2n) is 5.41. The lowest BCUT2D eigenvalue weighted by Crippen LogP contribution is -2.17. The van der Waals surface area contributed by atoms with E-state index in [0.29, 0.717) is 32.3 Å². The molecule has 1 aromatic rings. The summed E-state index contributed by atoms with van der Waals surface area (Å²) in [5.74, 6) is 1.35. The minimum absolute atomic E-state index is 0.106. The Morgan fingerprint density at radius 1 is 1.10 bits per heavy atom. The van der Waals surface area contributed by atoms with Gasteiger partial charge in [0, 0.05) is 31.6 Å². The molecule has 0 spiro atoms. The molecule has 6 heteroatoms. The van der Waals surface area contributed by atoms with Crippen LogP contribution in [-0.4, -0.2) is 43.5 Å². The molecule has 1 heterocycles. The molecule has 0 aliphatic rings. The van der Waals surface area contributed by atoms with Gasteiger partial charge in [-0.1, -0.05) is 20.8 Å². The molecular formula is C14H23BrN2O3. The number of ether oxygens (including phenoxy) is 3. The van der Waals surface area contributed by atoms with E-state index in [9.17, 15) is 0 Å². The summed E-state index contributed by atoms with van der Waals surface area (Å²) < 4.78 is 16.6. The van der Waals surface area contributed by atoms with Gasteiger partial charge in [-0.2, -0.15) is 4.98 Å². The fourth-order valence-electron chi connectivity index (χ4n) is 1.39. The number of methoxy groups -OCH3 is 1. The van der Waals surface area contributed by atoms with E-state index in [-0.39, 0.29) is 5.41 Å². The average molecular weight is 347 g/mol. The van der Waals surface area contributed by atoms with E-state index in [1.807, 2.05) is 0 Å². The molecule has 0 aliphatic carbocycles. The van der Waals surface area contributed by atoms with Crippen LogP contribution in [-0.2, 0) is 14.9 Å². The number of nitrogens with zero attached hydrogens (tertiary/aromatic N) is 2. The van der Waals surface area contributed by atoms with Crippen LogP contribution in [0, 0.1) is 0 Å². The predicted octanol–water partition coefficient (Wildman–Crippen LogP) is 2.97. The number of halogens is 1. The molecule has 20 heavy (non-hydrogen) atoms. The molecule has 114 valence electrons. The lowest BCUT2D eigenvalue weighted by molar-refractivity contribution is 0.0641. The highest BCUT2D eigenvalue weighted by Crippen LogP contribution is 2.23. The zero-order valence-electron chi connectivity index (χ0n) is 12.6. The third kappa shape index (κ3) is 6.63. The van der Waals surface area contributed by atoms with E-state index in [0.717, 1.165) is 16.8 Å². The molecule has 0 unspecified atom stereocenters. The first-order chi connectivity index (χ1) is 9.43. The maximum absolute atomic E-state index is 5.64. The molecule has 0 saturated carbocycles. The van der Waals surface area contributed by atoms with E-state index in [2.05, 4.69) is 46.7 Å². The van der Waals surface area contributed by atoms with Gasteiger partial charge in [0.25, 0.3) is 0 Å². The smallest absolute Gasteiger partial charge is 0.217 e. The third-order valence-electron chi connectivity index (χ3n) is 2.46. The van der Waals surface area contributed by atoms with Crippen LogP contribution in [0.25, 0.3) is 0 Å². The summed E-state index contributed by atoms with van der Waals surface area (Å²) >= 11 is 3.39. The molecule has 0 fully saturated rings. The van der Waals surface area contributed by atoms with Gasteiger partial charge in [-0.05, 0) is 15.9 Å². The zero-order chi connectivity index (χ0) is 15.0. The van der Waals surface area contributed by atoms with Gasteiger partial charge in [-0.15, -0.1) is 0 Å². The van der Waals surface area contributed by atoms with E-state index in [4.69, 9.17) is 14.2 Å². The molecule has 1 rings (SSSR count). The molecule has 0 aromatic carbocycles. The summed E-state index contributed by atoms with van der Waals surface area (Å²) in [5.41, 5.74) is -0.106. The molecule has 0 aliphatic heterocycles. The number of hydrogen-bond donors (Lipinski definition) is 0. The summed E-state index contributed by atoms with van der Waals surface area (Å²) in [6.07, 6.45) is 0.816. The van der Waals surface area contributed by atoms with Gasteiger partial charge in [0.05, 0.1) is 19.8 Å². The quantitative estimate of drug-likeness (QED) is 0.535. The second kappa shape index (κ2) is 8.54. The van der Waals surface area contributed by atoms with Crippen LogP contribution < -0.4 is 4.74 Å². The van der Waals surface area contributed by atoms with E-state index in [1.54, 1.807) is 13.2 Å². The summed E-state index contributed by atoms with van der Waals surface area (Å²) in [6.45, 7) is 8.67. The summed E-state index contributed by atoms with van der Waals surface area (Å²) in [5, 5.41) is 0. The Bertz CT molecular complexity index is 408. The van der Waals surface area contributed by atoms with Crippen molar-refractivity contribution in [3.8, 4) is 5.88 Å². The first kappa shape index (κ1) is 17.3. The van der Waals surface area contributed by atoms with Gasteiger partial charge < -0.3 is 14.2 Å². The van der Waals surface area contributed by atoms with Gasteiger partial charge in [-0.3, -0.25) is 0 Å². The Kier molecular flexibility index (Phi) is 7.40. The van der Waals surface area contributed by atoms with Crippen molar-refractivity contribution < 1.29 is 14.2 Å². The van der Waals surface area contributed by atoms with Crippen LogP contribution >= 0.6 is 15.9 Å². The highest BCUT2D eigenvalue weighted by atomic mass is 79.9. The Hall–Kier alpha value is -0.720. The molecule has 0 radical (unpaired) electrons. The predicted molar refractivity (Wildman–Crippen MR) is 81.2 cm³/mol. The Morgan fingerprint density at radius 3 is 2.50 bits per heavy atom. The van der Waals surface area contributed by atoms with Crippen LogP contribution in [0.1, 0.15) is 33.0 Å². The fourth-order valence-corrected chi connectivity index (χ4v) is 1.75. The van der Waals surface area contributed by atoms with E-state index < -0.39 is 0 Å². The van der Waals surface area contributed by atoms with Gasteiger partial charge in [0.15, 0.2) is 0 Å². The normalized spacial score (nSPS) is 11.7. The maximum Gasteiger partial charge on any atom is 0.217 e. The van der Waals surface area contributed by atoms with Crippen molar-refractivity contribution in [1.82, 2.24) is 9.97 Å². The van der Waals surface area contributed by atoms with Gasteiger partial charge in [-0.25, -0.2) is 4.98 Å². The highest BCUT2D eigenvalue weighted by molar-refractivity contribution is 9.10. The molecular weight excluding hydrogens is 324 g/mol. The average Bonchev–Trinajstić information content (AvgIpc) is 2.36. The molecule has 0 atom stereocenters. The van der Waals surface area contributed by atoms with Crippen LogP contribution in [0.4, 0.5) is 0 Å². The molecule has 5 nitrogen and oxygen atoms in total. The summed E-state index contributed by atoms with van der Waals surface area (Å²) in [6, 6.07) is 1.78. The van der Waals surface area contributed by atoms with Crippen molar-refractivity contribution in [1.29, 1.82) is 0 Å². The lowest BCUT2D eigenvalue weighted by atomic mass is 9.96. The van der Waals surface area contributed by atoms with Crippen LogP contribution in [0.3, 0.4) is 0 Å². The third-order valence-corrected chi connectivity index (χ3v) is 2.86. The van der Waals surface area contributed by atoms with Gasteiger partial charge >= 0.3 is 0 Å². The van der Waals surface area contributed by atoms with Gasteiger partial charge in [0.2, 0.25) is 5.88 Å². The number of aromatic nitrogens is 2. The van der Waals surface area contributed by atoms with Crippen molar-refractivity contribution in [2.24, 2.45) is 0 Å². The SMILES string of the molecule is COCCOCCCOc1cc(Br)nc(C(C)(C)C)n1. The van der Waals surface area contributed by atoms with Crippen LogP contribution in [0.2, 0.25) is 0 Å². The van der Waals surface area contributed by atoms with Crippen molar-refractivity contribution in [2.75, 3.05) is 33.5 Å². The standard InChI is InChI=1S/C14H23BrN2O3/c1-14(2,3)13-16-11(15)10-12(17-13)20-7-5-6-19-9-8-18-4/h10H,5-9H2,1-4H3. The summed E-state index contributed by atoms with van der Waals surface area (Å²) in [4.78, 5) is 8.80. The molecule has 0 amide bonds. The monoisotopic (exact) mass is 346 g/mol. The zero-order valence-corrected chi connectivity index (χ0v) is 14.2. The van der Waals surface area contributed by atoms with Crippen molar-refractivity contribution in [2.45, 2.75) is 32.6 Å². The van der Waals surface area contributed by atoms with Gasteiger partial charge in [0.1, 0.15) is 10.4 Å². The maximum atomic E-state index is 5.64. The molecule has 1 aromatic heterocycles. The Balaban J connectivity index is 2.39. The molecule has 0 N–H and O–H groups in total. The second-order valence-corrected chi connectivity index (χ2v) is 6.22. The number of hydrogen-bond acceptors (Lipinski definition) is 5. The topological polar surface area (TPSA) is 53.5 Å². The van der Waals surface area contributed by atoms with Crippen molar-refractivity contribution >= 4 is 15.9 Å². The van der Waals surface area contributed by atoms with Crippen molar-refractivity contribution in [3.63, 3.8) is 0 Å². The van der Waals surface area contributed by atoms with Crippen molar-refractivity contribution in [3.05, 3.63) is 16.5 Å². The Morgan fingerprint density at radius 2 is 1.85 bits per heavy atom. The Labute approximate surface area is 129 Å². The van der Waals surface area contributed by atoms with E-state index >= 15 is 0 Å². The highest BCUT2D eigenvalue weighted by Gasteiger charge is 2.19. The fraction of sp³-hybridized carbons (Fsp3) is 0.714. The first-order valence-corrected chi connectivity index (χ1v) is 7.47.